The normalized spacial score (nSPS) is 11.0. The molecule has 4 N–H and O–H groups in total. The van der Waals surface area contributed by atoms with Gasteiger partial charge in [-0.15, -0.1) is 10.2 Å². The van der Waals surface area contributed by atoms with E-state index >= 15 is 0 Å². The van der Waals surface area contributed by atoms with E-state index in [4.69, 9.17) is 15.3 Å². The molecule has 3 aromatic carbocycles. The fourth-order valence-corrected chi connectivity index (χ4v) is 3.86. The van der Waals surface area contributed by atoms with Crippen molar-refractivity contribution in [2.24, 2.45) is 5.10 Å². The van der Waals surface area contributed by atoms with Gasteiger partial charge in [0.15, 0.2) is 11.5 Å². The van der Waals surface area contributed by atoms with E-state index < -0.39 is 0 Å². The van der Waals surface area contributed by atoms with Crippen LogP contribution in [-0.2, 0) is 4.79 Å². The third-order valence-electron chi connectivity index (χ3n) is 4.85. The fraction of sp³-hybridized carbons (Fsp3) is 0.130. The summed E-state index contributed by atoms with van der Waals surface area (Å²) in [6.45, 7) is 0. The highest BCUT2D eigenvalue weighted by Crippen LogP contribution is 2.27. The average molecular weight is 478 g/mol. The monoisotopic (exact) mass is 477 g/mol. The molecule has 1 aromatic heterocycles. The number of methoxy groups -OCH3 is 2. The molecule has 0 unspecified atom stereocenters. The van der Waals surface area contributed by atoms with Crippen LogP contribution in [0.2, 0.25) is 0 Å². The van der Waals surface area contributed by atoms with E-state index in [1.165, 1.54) is 16.4 Å². The van der Waals surface area contributed by atoms with E-state index in [1.54, 1.807) is 32.6 Å². The first kappa shape index (κ1) is 22.9. The van der Waals surface area contributed by atoms with Crippen LogP contribution in [0.4, 0.5) is 11.6 Å². The lowest BCUT2D eigenvalue weighted by Gasteiger charge is -2.08. The first-order valence-electron chi connectivity index (χ1n) is 10.2. The van der Waals surface area contributed by atoms with Crippen molar-refractivity contribution in [1.29, 1.82) is 0 Å². The minimum absolute atomic E-state index is 0.119. The summed E-state index contributed by atoms with van der Waals surface area (Å²) in [6, 6.07) is 19.0. The number of nitrogens with two attached hydrogens (primary N) is 1. The zero-order chi connectivity index (χ0) is 23.9. The zero-order valence-electron chi connectivity index (χ0n) is 18.6. The third kappa shape index (κ3) is 5.21. The van der Waals surface area contributed by atoms with Gasteiger partial charge in [-0.2, -0.15) is 5.10 Å². The van der Waals surface area contributed by atoms with Crippen molar-refractivity contribution in [3.63, 3.8) is 0 Å². The molecule has 4 rings (SSSR count). The second kappa shape index (κ2) is 10.6. The molecule has 0 aliphatic carbocycles. The van der Waals surface area contributed by atoms with Crippen LogP contribution >= 0.6 is 11.8 Å². The SMILES string of the molecule is COc1ccc(/C=N/Nc2nnc(SCC(=O)Nc3cccc4ccccc34)n2N)cc1OC. The fourth-order valence-electron chi connectivity index (χ4n) is 3.20. The van der Waals surface area contributed by atoms with Crippen molar-refractivity contribution in [2.75, 3.05) is 36.6 Å². The minimum atomic E-state index is -0.176. The van der Waals surface area contributed by atoms with Crippen molar-refractivity contribution in [1.82, 2.24) is 14.9 Å². The van der Waals surface area contributed by atoms with Gasteiger partial charge in [0.25, 0.3) is 5.95 Å². The zero-order valence-corrected chi connectivity index (χ0v) is 19.4. The Kier molecular flexibility index (Phi) is 7.13. The van der Waals surface area contributed by atoms with Gasteiger partial charge < -0.3 is 20.6 Å². The standard InChI is InChI=1S/C23H23N7O3S/c1-32-19-11-10-15(12-20(19)33-2)13-25-27-22-28-29-23(30(22)24)34-14-21(31)26-18-9-5-7-16-6-3-4-8-17(16)18/h3-13H,14,24H2,1-2H3,(H,26,31)(H,27,28)/b25-13+. The molecule has 0 bridgehead atoms. The molecule has 1 heterocycles. The number of hydrogen-bond acceptors (Lipinski definition) is 9. The molecule has 0 spiro atoms. The maximum Gasteiger partial charge on any atom is 0.264 e. The molecule has 0 aliphatic rings. The van der Waals surface area contributed by atoms with E-state index in [-0.39, 0.29) is 17.6 Å². The Balaban J connectivity index is 1.34. The van der Waals surface area contributed by atoms with Crippen molar-refractivity contribution < 1.29 is 14.3 Å². The summed E-state index contributed by atoms with van der Waals surface area (Å²) in [5.74, 6) is 7.44. The molecular formula is C23H23N7O3S. The molecule has 174 valence electrons. The molecular weight excluding hydrogens is 454 g/mol. The third-order valence-corrected chi connectivity index (χ3v) is 5.79. The Morgan fingerprint density at radius 3 is 2.71 bits per heavy atom. The Morgan fingerprint density at radius 1 is 1.09 bits per heavy atom. The first-order chi connectivity index (χ1) is 16.6. The number of carbonyl (C=O) groups is 1. The summed E-state index contributed by atoms with van der Waals surface area (Å²) < 4.78 is 11.7. The number of hydrogen-bond donors (Lipinski definition) is 3. The predicted molar refractivity (Wildman–Crippen MR) is 134 cm³/mol. The Morgan fingerprint density at radius 2 is 1.88 bits per heavy atom. The van der Waals surface area contributed by atoms with Crippen LogP contribution in [0, 0.1) is 0 Å². The highest BCUT2D eigenvalue weighted by atomic mass is 32.2. The molecule has 34 heavy (non-hydrogen) atoms. The summed E-state index contributed by atoms with van der Waals surface area (Å²) in [5.41, 5.74) is 4.28. The molecule has 0 atom stereocenters. The van der Waals surface area contributed by atoms with Gasteiger partial charge in [0.1, 0.15) is 0 Å². The van der Waals surface area contributed by atoms with Crippen LogP contribution in [0.3, 0.4) is 0 Å². The van der Waals surface area contributed by atoms with Crippen LogP contribution in [0.5, 0.6) is 11.5 Å². The molecule has 11 heteroatoms. The lowest BCUT2D eigenvalue weighted by molar-refractivity contribution is -0.113. The second-order valence-corrected chi connectivity index (χ2v) is 7.97. The topological polar surface area (TPSA) is 129 Å². The van der Waals surface area contributed by atoms with Gasteiger partial charge in [-0.05, 0) is 35.2 Å². The molecule has 0 radical (unpaired) electrons. The van der Waals surface area contributed by atoms with E-state index in [0.717, 1.165) is 22.0 Å². The highest BCUT2D eigenvalue weighted by Gasteiger charge is 2.13. The Bertz CT molecular complexity index is 1330. The number of aromatic nitrogens is 3. The predicted octanol–water partition coefficient (Wildman–Crippen LogP) is 3.34. The number of carbonyl (C=O) groups excluding carboxylic acids is 1. The van der Waals surface area contributed by atoms with Gasteiger partial charge in [-0.1, -0.05) is 48.2 Å². The summed E-state index contributed by atoms with van der Waals surface area (Å²) in [6.07, 6.45) is 1.58. The number of hydrazone groups is 1. The van der Waals surface area contributed by atoms with Gasteiger partial charge in [0.2, 0.25) is 11.1 Å². The molecule has 0 fully saturated rings. The molecule has 4 aromatic rings. The lowest BCUT2D eigenvalue weighted by atomic mass is 10.1. The number of ether oxygens (including phenoxy) is 2. The quantitative estimate of drug-likeness (QED) is 0.145. The van der Waals surface area contributed by atoms with Gasteiger partial charge >= 0.3 is 0 Å². The van der Waals surface area contributed by atoms with Crippen LogP contribution in [0.25, 0.3) is 10.8 Å². The Labute approximate surface area is 200 Å². The molecule has 0 saturated carbocycles. The van der Waals surface area contributed by atoms with Gasteiger partial charge in [0, 0.05) is 11.1 Å². The number of anilines is 2. The number of amides is 1. The van der Waals surface area contributed by atoms with Crippen molar-refractivity contribution in [3.8, 4) is 11.5 Å². The van der Waals surface area contributed by atoms with Crippen molar-refractivity contribution in [2.45, 2.75) is 5.16 Å². The maximum atomic E-state index is 12.5. The number of nitrogens with zero attached hydrogens (tertiary/aromatic N) is 4. The Hall–Kier alpha value is -4.25. The second-order valence-electron chi connectivity index (χ2n) is 7.02. The number of benzene rings is 3. The molecule has 1 amide bonds. The van der Waals surface area contributed by atoms with Crippen molar-refractivity contribution >= 4 is 46.3 Å². The average Bonchev–Trinajstić information content (AvgIpc) is 3.22. The summed E-state index contributed by atoms with van der Waals surface area (Å²) >= 11 is 1.17. The number of rotatable bonds is 9. The number of nitrogen functional groups attached to an aromatic ring is 1. The number of nitrogens with one attached hydrogen (secondary N) is 2. The maximum absolute atomic E-state index is 12.5. The number of thioether (sulfide) groups is 1. The van der Waals surface area contributed by atoms with Gasteiger partial charge in [-0.3, -0.25) is 4.79 Å². The summed E-state index contributed by atoms with van der Waals surface area (Å²) in [5, 5.41) is 17.5. The van der Waals surface area contributed by atoms with Crippen molar-refractivity contribution in [3.05, 3.63) is 66.2 Å². The summed E-state index contributed by atoms with van der Waals surface area (Å²) in [4.78, 5) is 12.5. The van der Waals surface area contributed by atoms with Crippen LogP contribution in [-0.4, -0.2) is 47.0 Å². The first-order valence-corrected chi connectivity index (χ1v) is 11.2. The van der Waals surface area contributed by atoms with E-state index in [9.17, 15) is 4.79 Å². The minimum Gasteiger partial charge on any atom is -0.493 e. The van der Waals surface area contributed by atoms with Gasteiger partial charge in [0.05, 0.1) is 26.2 Å². The summed E-state index contributed by atoms with van der Waals surface area (Å²) in [7, 11) is 3.14. The molecule has 10 nitrogen and oxygen atoms in total. The van der Waals surface area contributed by atoms with E-state index in [1.807, 2.05) is 48.5 Å². The van der Waals surface area contributed by atoms with Crippen LogP contribution < -0.4 is 26.1 Å². The van der Waals surface area contributed by atoms with Crippen LogP contribution in [0.15, 0.2) is 70.9 Å². The molecule has 0 aliphatic heterocycles. The van der Waals surface area contributed by atoms with E-state index in [0.29, 0.717) is 16.7 Å². The highest BCUT2D eigenvalue weighted by molar-refractivity contribution is 7.99. The largest absolute Gasteiger partial charge is 0.493 e. The molecule has 0 saturated heterocycles. The van der Waals surface area contributed by atoms with Crippen LogP contribution in [0.1, 0.15) is 5.56 Å². The number of fused-ring (bicyclic) bond motifs is 1. The van der Waals surface area contributed by atoms with E-state index in [2.05, 4.69) is 26.0 Å². The van der Waals surface area contributed by atoms with Gasteiger partial charge in [-0.25, -0.2) is 10.1 Å². The lowest BCUT2D eigenvalue weighted by Crippen LogP contribution is -2.17. The smallest absolute Gasteiger partial charge is 0.264 e.